The van der Waals surface area contributed by atoms with Crippen molar-refractivity contribution in [3.63, 3.8) is 0 Å². The van der Waals surface area contributed by atoms with Crippen LogP contribution in [0.1, 0.15) is 23.7 Å². The van der Waals surface area contributed by atoms with E-state index < -0.39 is 0 Å². The van der Waals surface area contributed by atoms with E-state index in [0.717, 1.165) is 19.5 Å². The minimum Gasteiger partial charge on any atom is -0.437 e. The first-order valence-electron chi connectivity index (χ1n) is 8.14. The Morgan fingerprint density at radius 1 is 1.30 bits per heavy atom. The molecule has 2 N–H and O–H groups in total. The third-order valence-corrected chi connectivity index (χ3v) is 4.75. The van der Waals surface area contributed by atoms with E-state index in [1.165, 1.54) is 0 Å². The molecule has 2 unspecified atom stereocenters. The van der Waals surface area contributed by atoms with Crippen LogP contribution in [0.25, 0.3) is 0 Å². The molecular weight excluding hydrogens is 432 g/mol. The minimum atomic E-state index is -0.202. The van der Waals surface area contributed by atoms with Gasteiger partial charge in [-0.1, -0.05) is 30.1 Å². The maximum Gasteiger partial charge on any atom is 0.257 e. The van der Waals surface area contributed by atoms with Crippen molar-refractivity contribution < 1.29 is 9.53 Å². The van der Waals surface area contributed by atoms with Gasteiger partial charge in [0.2, 0.25) is 5.88 Å². The van der Waals surface area contributed by atoms with E-state index in [1.54, 1.807) is 36.5 Å². The van der Waals surface area contributed by atoms with Gasteiger partial charge < -0.3 is 15.4 Å². The summed E-state index contributed by atoms with van der Waals surface area (Å²) in [6.45, 7) is 3.90. The summed E-state index contributed by atoms with van der Waals surface area (Å²) < 4.78 is 5.76. The molecule has 1 aromatic heterocycles. The lowest BCUT2D eigenvalue weighted by atomic mass is 9.95. The highest BCUT2D eigenvalue weighted by Gasteiger charge is 2.24. The van der Waals surface area contributed by atoms with Gasteiger partial charge in [-0.05, 0) is 55.8 Å². The monoisotopic (exact) mass is 451 g/mol. The van der Waals surface area contributed by atoms with Crippen LogP contribution in [-0.2, 0) is 0 Å². The van der Waals surface area contributed by atoms with Gasteiger partial charge in [0.05, 0.1) is 5.02 Å². The number of nitrogens with one attached hydrogen (secondary N) is 2. The Bertz CT molecular complexity index is 776. The Kier molecular flexibility index (Phi) is 9.63. The molecule has 0 aliphatic carbocycles. The molecule has 148 valence electrons. The van der Waals surface area contributed by atoms with E-state index in [1.807, 2.05) is 0 Å². The predicted octanol–water partition coefficient (Wildman–Crippen LogP) is 4.75. The molecule has 3 rings (SSSR count). The average Bonchev–Trinajstić information content (AvgIpc) is 2.60. The summed E-state index contributed by atoms with van der Waals surface area (Å²) in [5.41, 5.74) is 0.374. The number of benzene rings is 1. The van der Waals surface area contributed by atoms with E-state index in [2.05, 4.69) is 22.5 Å². The second-order valence-electron chi connectivity index (χ2n) is 6.08. The Hall–Kier alpha value is -1.24. The Morgan fingerprint density at radius 3 is 2.78 bits per heavy atom. The number of halogens is 4. The Labute approximate surface area is 181 Å². The van der Waals surface area contributed by atoms with Crippen LogP contribution in [-0.4, -0.2) is 30.0 Å². The van der Waals surface area contributed by atoms with Crippen molar-refractivity contribution in [3.8, 4) is 11.6 Å². The molecule has 1 amide bonds. The summed E-state index contributed by atoms with van der Waals surface area (Å²) in [6, 6.07) is 8.42. The van der Waals surface area contributed by atoms with E-state index in [9.17, 15) is 4.79 Å². The van der Waals surface area contributed by atoms with Gasteiger partial charge in [0.1, 0.15) is 11.3 Å². The fourth-order valence-electron chi connectivity index (χ4n) is 2.78. The third kappa shape index (κ3) is 6.13. The van der Waals surface area contributed by atoms with Crippen molar-refractivity contribution >= 4 is 53.9 Å². The quantitative estimate of drug-likeness (QED) is 0.702. The fourth-order valence-corrected chi connectivity index (χ4v) is 3.23. The van der Waals surface area contributed by atoms with Crippen LogP contribution in [0.15, 0.2) is 36.5 Å². The standard InChI is InChI=1S/C18H19Cl2N3O2.2ClH/c1-11-10-21-8-6-15(11)23-17(24)13-3-2-7-22-18(13)25-16-5-4-12(19)9-14(16)20;;/h2-5,7,9,11,15,21H,6,8,10H2,1H3,(H,23,24);2*1H. The second kappa shape index (κ2) is 10.9. The van der Waals surface area contributed by atoms with Gasteiger partial charge in [-0.25, -0.2) is 4.98 Å². The van der Waals surface area contributed by atoms with Gasteiger partial charge in [-0.2, -0.15) is 0 Å². The maximum absolute atomic E-state index is 12.7. The van der Waals surface area contributed by atoms with Crippen molar-refractivity contribution in [2.75, 3.05) is 13.1 Å². The molecule has 5 nitrogen and oxygen atoms in total. The van der Waals surface area contributed by atoms with Gasteiger partial charge in [0, 0.05) is 17.3 Å². The molecule has 2 aromatic rings. The number of nitrogens with zero attached hydrogens (tertiary/aromatic N) is 1. The second-order valence-corrected chi connectivity index (χ2v) is 6.93. The zero-order valence-corrected chi connectivity index (χ0v) is 17.7. The third-order valence-electron chi connectivity index (χ3n) is 4.22. The average molecular weight is 453 g/mol. The van der Waals surface area contributed by atoms with Crippen LogP contribution in [0.2, 0.25) is 10.0 Å². The first kappa shape index (κ1) is 23.8. The Balaban J connectivity index is 0.00000182. The lowest BCUT2D eigenvalue weighted by molar-refractivity contribution is 0.0911. The van der Waals surface area contributed by atoms with Gasteiger partial charge in [0.15, 0.2) is 0 Å². The molecule has 1 aliphatic heterocycles. The summed E-state index contributed by atoms with van der Waals surface area (Å²) in [6.07, 6.45) is 2.47. The fraction of sp³-hybridized carbons (Fsp3) is 0.333. The predicted molar refractivity (Wildman–Crippen MR) is 113 cm³/mol. The zero-order valence-electron chi connectivity index (χ0n) is 14.6. The maximum atomic E-state index is 12.7. The number of piperidine rings is 1. The smallest absolute Gasteiger partial charge is 0.257 e. The molecule has 27 heavy (non-hydrogen) atoms. The largest absolute Gasteiger partial charge is 0.437 e. The summed E-state index contributed by atoms with van der Waals surface area (Å²) in [7, 11) is 0. The van der Waals surface area contributed by atoms with Crippen molar-refractivity contribution in [3.05, 3.63) is 52.1 Å². The normalized spacial score (nSPS) is 18.6. The molecule has 0 bridgehead atoms. The first-order chi connectivity index (χ1) is 12.0. The molecular formula is C18H21Cl4N3O2. The first-order valence-corrected chi connectivity index (χ1v) is 8.89. The van der Waals surface area contributed by atoms with Crippen molar-refractivity contribution in [1.82, 2.24) is 15.6 Å². The Morgan fingerprint density at radius 2 is 2.07 bits per heavy atom. The van der Waals surface area contributed by atoms with Crippen LogP contribution in [0.4, 0.5) is 0 Å². The molecule has 1 fully saturated rings. The molecule has 1 aliphatic rings. The van der Waals surface area contributed by atoms with Crippen LogP contribution in [0.5, 0.6) is 11.6 Å². The number of pyridine rings is 1. The summed E-state index contributed by atoms with van der Waals surface area (Å²) in [4.78, 5) is 16.9. The summed E-state index contributed by atoms with van der Waals surface area (Å²) >= 11 is 12.0. The number of hydrogen-bond acceptors (Lipinski definition) is 4. The number of hydrogen-bond donors (Lipinski definition) is 2. The molecule has 2 heterocycles. The molecule has 2 atom stereocenters. The molecule has 1 saturated heterocycles. The van der Waals surface area contributed by atoms with Gasteiger partial charge in [0.25, 0.3) is 5.91 Å². The number of aromatic nitrogens is 1. The number of carbonyl (C=O) groups is 1. The lowest BCUT2D eigenvalue weighted by Crippen LogP contribution is -2.48. The number of carbonyl (C=O) groups excluding carboxylic acids is 1. The highest BCUT2D eigenvalue weighted by atomic mass is 35.5. The van der Waals surface area contributed by atoms with E-state index in [4.69, 9.17) is 27.9 Å². The van der Waals surface area contributed by atoms with E-state index in [0.29, 0.717) is 27.3 Å². The minimum absolute atomic E-state index is 0. The van der Waals surface area contributed by atoms with Gasteiger partial charge in [-0.3, -0.25) is 4.79 Å². The van der Waals surface area contributed by atoms with E-state index >= 15 is 0 Å². The highest BCUT2D eigenvalue weighted by molar-refractivity contribution is 6.35. The topological polar surface area (TPSA) is 63.2 Å². The highest BCUT2D eigenvalue weighted by Crippen LogP contribution is 2.32. The van der Waals surface area contributed by atoms with E-state index in [-0.39, 0.29) is 42.6 Å². The van der Waals surface area contributed by atoms with Crippen molar-refractivity contribution in [2.45, 2.75) is 19.4 Å². The molecule has 0 radical (unpaired) electrons. The van der Waals surface area contributed by atoms with Crippen LogP contribution >= 0.6 is 48.0 Å². The molecule has 0 saturated carbocycles. The zero-order chi connectivity index (χ0) is 17.8. The molecule has 9 heteroatoms. The van der Waals surface area contributed by atoms with Crippen molar-refractivity contribution in [1.29, 1.82) is 0 Å². The number of rotatable bonds is 4. The lowest BCUT2D eigenvalue weighted by Gasteiger charge is -2.30. The number of ether oxygens (including phenoxy) is 1. The SMILES string of the molecule is CC1CNCCC1NC(=O)c1cccnc1Oc1ccc(Cl)cc1Cl.Cl.Cl. The van der Waals surface area contributed by atoms with Crippen molar-refractivity contribution in [2.24, 2.45) is 5.92 Å². The van der Waals surface area contributed by atoms with Gasteiger partial charge >= 0.3 is 0 Å². The van der Waals surface area contributed by atoms with Gasteiger partial charge in [-0.15, -0.1) is 24.8 Å². The summed E-state index contributed by atoms with van der Waals surface area (Å²) in [5.74, 6) is 0.774. The van der Waals surface area contributed by atoms with Crippen LogP contribution in [0.3, 0.4) is 0 Å². The molecule has 1 aromatic carbocycles. The van der Waals surface area contributed by atoms with Crippen LogP contribution in [0, 0.1) is 5.92 Å². The summed E-state index contributed by atoms with van der Waals surface area (Å²) in [5, 5.41) is 7.27. The number of amides is 1. The van der Waals surface area contributed by atoms with Crippen LogP contribution < -0.4 is 15.4 Å². The molecule has 0 spiro atoms.